The molecule has 3 fully saturated rings. The molecule has 11 atom stereocenters. The SMILES string of the molecule is CC(C)=CC(NC(=O)OCC(C)(C)C)C(O)C(=O)OC1CC2(O)C(OC(=O)c3ccccc3)C3[C@]4(O)COC4CC(O)[C@@]3(C)C(=O)C(O)C(=C1C)C2(C)C. The Morgan fingerprint density at radius 2 is 1.69 bits per heavy atom. The molecule has 0 spiro atoms. The van der Waals surface area contributed by atoms with Crippen LogP contribution in [0.1, 0.15) is 85.5 Å². The van der Waals surface area contributed by atoms with Gasteiger partial charge in [-0.25, -0.2) is 14.4 Å². The number of alkyl carbamates (subject to hydrolysis) is 1. The lowest BCUT2D eigenvalue weighted by Crippen LogP contribution is -2.81. The van der Waals surface area contributed by atoms with Gasteiger partial charge in [-0.1, -0.05) is 64.5 Å². The third-order valence-electron chi connectivity index (χ3n) is 11.9. The fraction of sp³-hybridized carbons (Fsp3) is 0.650. The minimum absolute atomic E-state index is 0.0371. The van der Waals surface area contributed by atoms with E-state index in [0.717, 1.165) is 0 Å². The molecule has 6 N–H and O–H groups in total. The summed E-state index contributed by atoms with van der Waals surface area (Å²) in [5.74, 6) is -4.51. The number of Topliss-reactive ketones (excluding diaryl/α,β-unsaturated/α-hetero) is 1. The van der Waals surface area contributed by atoms with Crippen LogP contribution >= 0.6 is 0 Å². The van der Waals surface area contributed by atoms with Crippen LogP contribution in [-0.4, -0.2) is 116 Å². The number of benzene rings is 1. The van der Waals surface area contributed by atoms with Crippen LogP contribution in [0.25, 0.3) is 0 Å². The summed E-state index contributed by atoms with van der Waals surface area (Å²) in [6.07, 6.45) is -9.66. The van der Waals surface area contributed by atoms with E-state index >= 15 is 0 Å². The highest BCUT2D eigenvalue weighted by atomic mass is 16.6. The summed E-state index contributed by atoms with van der Waals surface area (Å²) >= 11 is 0. The number of esters is 2. The van der Waals surface area contributed by atoms with Gasteiger partial charge < -0.3 is 49.8 Å². The van der Waals surface area contributed by atoms with Gasteiger partial charge in [-0.3, -0.25) is 4.79 Å². The summed E-state index contributed by atoms with van der Waals surface area (Å²) in [6, 6.07) is 6.60. The summed E-state index contributed by atoms with van der Waals surface area (Å²) in [7, 11) is 0. The van der Waals surface area contributed by atoms with E-state index in [1.165, 1.54) is 32.1 Å². The van der Waals surface area contributed by atoms with E-state index in [2.05, 4.69) is 5.32 Å². The zero-order chi connectivity index (χ0) is 40.3. The third kappa shape index (κ3) is 7.01. The van der Waals surface area contributed by atoms with Gasteiger partial charge >= 0.3 is 18.0 Å². The molecule has 9 unspecified atom stereocenters. The molecule has 1 heterocycles. The molecule has 14 heteroatoms. The summed E-state index contributed by atoms with van der Waals surface area (Å²) in [5.41, 5.74) is -7.19. The third-order valence-corrected chi connectivity index (χ3v) is 11.9. The van der Waals surface area contributed by atoms with Gasteiger partial charge in [0, 0.05) is 24.2 Å². The van der Waals surface area contributed by atoms with Crippen molar-refractivity contribution in [1.82, 2.24) is 5.32 Å². The molecule has 2 saturated carbocycles. The van der Waals surface area contributed by atoms with Crippen molar-refractivity contribution in [3.8, 4) is 0 Å². The highest BCUT2D eigenvalue weighted by Crippen LogP contribution is 2.63. The molecule has 3 aliphatic carbocycles. The smallest absolute Gasteiger partial charge is 0.407 e. The molecule has 1 saturated heterocycles. The Hall–Kier alpha value is -3.66. The fourth-order valence-electron chi connectivity index (χ4n) is 8.76. The average Bonchev–Trinajstić information content (AvgIpc) is 3.08. The second-order valence-electron chi connectivity index (χ2n) is 17.5. The van der Waals surface area contributed by atoms with Crippen LogP contribution in [-0.2, 0) is 28.5 Å². The van der Waals surface area contributed by atoms with Crippen LogP contribution in [0, 0.1) is 22.2 Å². The largest absolute Gasteiger partial charge is 0.456 e. The number of allylic oxidation sites excluding steroid dienone is 1. The molecule has 1 aromatic rings. The Kier molecular flexibility index (Phi) is 11.1. The van der Waals surface area contributed by atoms with E-state index in [0.29, 0.717) is 5.57 Å². The first kappa shape index (κ1) is 41.5. The van der Waals surface area contributed by atoms with Gasteiger partial charge in [-0.05, 0) is 56.4 Å². The molecule has 2 bridgehead atoms. The van der Waals surface area contributed by atoms with Gasteiger partial charge in [0.25, 0.3) is 0 Å². The molecule has 4 aliphatic rings. The Morgan fingerprint density at radius 1 is 1.06 bits per heavy atom. The van der Waals surface area contributed by atoms with Gasteiger partial charge in [-0.2, -0.15) is 0 Å². The van der Waals surface area contributed by atoms with Crippen molar-refractivity contribution in [2.75, 3.05) is 13.2 Å². The van der Waals surface area contributed by atoms with Crippen LogP contribution < -0.4 is 5.32 Å². The van der Waals surface area contributed by atoms with Gasteiger partial charge in [0.1, 0.15) is 29.5 Å². The fourth-order valence-corrected chi connectivity index (χ4v) is 8.76. The number of hydrogen-bond donors (Lipinski definition) is 6. The quantitative estimate of drug-likeness (QED) is 0.128. The standard InChI is InChI=1S/C40H55NO13/c1-20(2)15-23(41-35(48)52-18-36(4,5)6)28(43)34(47)53-24-17-40(50)32(54-33(46)22-13-11-10-12-14-22)30-38(9,25(42)16-26-39(30,49)19-51-26)31(45)29(44)27(21(24)3)37(40,7)8/h10-15,23-26,28-30,32,42-44,49-50H,16-19H2,1-9H3,(H,41,48)/t23?,24?,25?,26?,28?,29?,30?,32?,38-,39+,40?/m1/s1. The molecule has 0 aromatic heterocycles. The molecular formula is C40H55NO13. The van der Waals surface area contributed by atoms with E-state index in [1.54, 1.807) is 45.9 Å². The molecule has 1 aromatic carbocycles. The van der Waals surface area contributed by atoms with Crippen LogP contribution in [0.4, 0.5) is 4.79 Å². The molecule has 298 valence electrons. The molecule has 5 rings (SSSR count). The van der Waals surface area contributed by atoms with Crippen LogP contribution in [0.2, 0.25) is 0 Å². The number of carbonyl (C=O) groups excluding carboxylic acids is 4. The van der Waals surface area contributed by atoms with Crippen molar-refractivity contribution in [3.63, 3.8) is 0 Å². The minimum Gasteiger partial charge on any atom is -0.456 e. The maximum Gasteiger partial charge on any atom is 0.407 e. The lowest BCUT2D eigenvalue weighted by Gasteiger charge is -2.66. The molecule has 1 amide bonds. The molecular weight excluding hydrogens is 702 g/mol. The molecule has 0 radical (unpaired) electrons. The summed E-state index contributed by atoms with van der Waals surface area (Å²) in [4.78, 5) is 55.0. The minimum atomic E-state index is -2.29. The molecule has 1 aliphatic heterocycles. The predicted octanol–water partition coefficient (Wildman–Crippen LogP) is 2.53. The number of hydrogen-bond acceptors (Lipinski definition) is 13. The Balaban J connectivity index is 1.60. The van der Waals surface area contributed by atoms with Crippen molar-refractivity contribution in [2.24, 2.45) is 22.2 Å². The van der Waals surface area contributed by atoms with Crippen molar-refractivity contribution in [3.05, 3.63) is 58.7 Å². The van der Waals surface area contributed by atoms with Crippen LogP contribution in [0.3, 0.4) is 0 Å². The summed E-state index contributed by atoms with van der Waals surface area (Å²) < 4.78 is 23.0. The number of nitrogens with one attached hydrogen (secondary N) is 1. The summed E-state index contributed by atoms with van der Waals surface area (Å²) in [5, 5.41) is 62.8. The Morgan fingerprint density at radius 3 is 2.24 bits per heavy atom. The predicted molar refractivity (Wildman–Crippen MR) is 193 cm³/mol. The highest BCUT2D eigenvalue weighted by Gasteiger charge is 2.76. The van der Waals surface area contributed by atoms with Crippen molar-refractivity contribution in [1.29, 1.82) is 0 Å². The maximum atomic E-state index is 14.6. The zero-order valence-corrected chi connectivity index (χ0v) is 32.4. The second kappa shape index (κ2) is 14.4. The van der Waals surface area contributed by atoms with Crippen LogP contribution in [0.5, 0.6) is 0 Å². The number of aliphatic hydroxyl groups excluding tert-OH is 3. The zero-order valence-electron chi connectivity index (χ0n) is 32.4. The highest BCUT2D eigenvalue weighted by molar-refractivity contribution is 5.94. The van der Waals surface area contributed by atoms with Crippen LogP contribution in [0.15, 0.2) is 53.1 Å². The van der Waals surface area contributed by atoms with E-state index < -0.39 is 101 Å². The number of fused-ring (bicyclic) bond motifs is 5. The number of ketones is 1. The molecule has 14 nitrogen and oxygen atoms in total. The normalized spacial score (nSPS) is 35.4. The Bertz CT molecular complexity index is 1710. The van der Waals surface area contributed by atoms with Gasteiger partial charge in [0.15, 0.2) is 11.9 Å². The van der Waals surface area contributed by atoms with Gasteiger partial charge in [-0.15, -0.1) is 0 Å². The van der Waals surface area contributed by atoms with Gasteiger partial charge in [0.05, 0.1) is 42.4 Å². The lowest BCUT2D eigenvalue weighted by atomic mass is 9.44. The lowest BCUT2D eigenvalue weighted by molar-refractivity contribution is -0.343. The van der Waals surface area contributed by atoms with Crippen molar-refractivity contribution in [2.45, 2.75) is 129 Å². The van der Waals surface area contributed by atoms with E-state index in [4.69, 9.17) is 18.9 Å². The average molecular weight is 758 g/mol. The number of ether oxygens (including phenoxy) is 4. The maximum absolute atomic E-state index is 14.6. The van der Waals surface area contributed by atoms with Crippen molar-refractivity contribution >= 4 is 23.8 Å². The number of carbonyl (C=O) groups is 4. The first-order chi connectivity index (χ1) is 24.9. The monoisotopic (exact) mass is 757 g/mol. The van der Waals surface area contributed by atoms with E-state index in [1.807, 2.05) is 20.8 Å². The topological polar surface area (TPSA) is 218 Å². The van der Waals surface area contributed by atoms with E-state index in [-0.39, 0.29) is 41.8 Å². The first-order valence-electron chi connectivity index (χ1n) is 18.3. The number of rotatable bonds is 8. The van der Waals surface area contributed by atoms with Gasteiger partial charge in [0.2, 0.25) is 0 Å². The molecule has 54 heavy (non-hydrogen) atoms. The first-order valence-corrected chi connectivity index (χ1v) is 18.3. The van der Waals surface area contributed by atoms with E-state index in [9.17, 15) is 44.7 Å². The second-order valence-corrected chi connectivity index (χ2v) is 17.5. The number of amides is 1. The van der Waals surface area contributed by atoms with Crippen molar-refractivity contribution < 1.29 is 63.7 Å². The summed E-state index contributed by atoms with van der Waals surface area (Å²) in [6.45, 7) is 14.7. The number of aliphatic hydroxyl groups is 5. The Labute approximate surface area is 315 Å².